The van der Waals surface area contributed by atoms with Crippen LogP contribution in [0.3, 0.4) is 0 Å². The highest BCUT2D eigenvalue weighted by Crippen LogP contribution is 2.15. The minimum Gasteiger partial charge on any atom is -0.466 e. The molecule has 0 atom stereocenters. The molecule has 0 aliphatic rings. The standard InChI is InChI=1S/C40H76O2/c1-3-5-7-9-11-13-15-17-19-21-22-23-24-26-28-30-32-34-36-38-40(41)42-39-37-35-33-31-29-27-25-20-18-16-14-12-10-8-6-4-2/h12,14,18,20H,3-11,13,15-17,19,21-39H2,1-2H3. The van der Waals surface area contributed by atoms with Crippen molar-refractivity contribution in [3.63, 3.8) is 0 Å². The Labute approximate surface area is 265 Å². The lowest BCUT2D eigenvalue weighted by Gasteiger charge is -2.05. The van der Waals surface area contributed by atoms with Gasteiger partial charge in [0.15, 0.2) is 0 Å². The topological polar surface area (TPSA) is 26.3 Å². The van der Waals surface area contributed by atoms with Crippen molar-refractivity contribution < 1.29 is 9.53 Å². The molecule has 0 spiro atoms. The van der Waals surface area contributed by atoms with Crippen LogP contribution in [0.25, 0.3) is 0 Å². The van der Waals surface area contributed by atoms with E-state index in [9.17, 15) is 4.79 Å². The summed E-state index contributed by atoms with van der Waals surface area (Å²) in [4.78, 5) is 12.0. The van der Waals surface area contributed by atoms with Crippen molar-refractivity contribution in [2.75, 3.05) is 6.61 Å². The van der Waals surface area contributed by atoms with Gasteiger partial charge in [-0.2, -0.15) is 0 Å². The first-order valence-corrected chi connectivity index (χ1v) is 19.3. The third kappa shape index (κ3) is 37.0. The van der Waals surface area contributed by atoms with Gasteiger partial charge in [-0.3, -0.25) is 4.79 Å². The average Bonchev–Trinajstić information content (AvgIpc) is 3.00. The highest BCUT2D eigenvalue weighted by molar-refractivity contribution is 5.69. The Hall–Kier alpha value is -1.05. The molecule has 0 bridgehead atoms. The summed E-state index contributed by atoms with van der Waals surface area (Å²) in [5.74, 6) is 0.0181. The molecule has 0 heterocycles. The second-order valence-electron chi connectivity index (χ2n) is 12.9. The van der Waals surface area contributed by atoms with Crippen molar-refractivity contribution in [3.05, 3.63) is 24.3 Å². The minimum absolute atomic E-state index is 0.0181. The van der Waals surface area contributed by atoms with E-state index in [1.165, 1.54) is 180 Å². The molecule has 0 radical (unpaired) electrons. The fourth-order valence-corrected chi connectivity index (χ4v) is 5.70. The van der Waals surface area contributed by atoms with Crippen molar-refractivity contribution in [1.29, 1.82) is 0 Å². The third-order valence-corrected chi connectivity index (χ3v) is 8.59. The Morgan fingerprint density at radius 2 is 0.738 bits per heavy atom. The number of allylic oxidation sites excluding steroid dienone is 4. The molecular formula is C40H76O2. The second-order valence-corrected chi connectivity index (χ2v) is 12.9. The molecule has 0 aliphatic heterocycles. The Morgan fingerprint density at radius 1 is 0.405 bits per heavy atom. The van der Waals surface area contributed by atoms with Crippen LogP contribution < -0.4 is 0 Å². The average molecular weight is 589 g/mol. The fraction of sp³-hybridized carbons (Fsp3) is 0.875. The predicted octanol–water partition coefficient (Wildman–Crippen LogP) is 14.2. The maximum Gasteiger partial charge on any atom is 0.305 e. The quantitative estimate of drug-likeness (QED) is 0.0418. The van der Waals surface area contributed by atoms with Crippen molar-refractivity contribution in [2.24, 2.45) is 0 Å². The van der Waals surface area contributed by atoms with E-state index in [1.807, 2.05) is 0 Å². The van der Waals surface area contributed by atoms with Crippen molar-refractivity contribution in [1.82, 2.24) is 0 Å². The summed E-state index contributed by atoms with van der Waals surface area (Å²) in [6, 6.07) is 0. The Morgan fingerprint density at radius 3 is 1.19 bits per heavy atom. The van der Waals surface area contributed by atoms with Crippen LogP contribution in [0, 0.1) is 0 Å². The number of carbonyl (C=O) groups is 1. The molecular weight excluding hydrogens is 512 g/mol. The van der Waals surface area contributed by atoms with Gasteiger partial charge in [0.05, 0.1) is 6.61 Å². The zero-order valence-electron chi connectivity index (χ0n) is 29.0. The summed E-state index contributed by atoms with van der Waals surface area (Å²) < 4.78 is 5.44. The number of rotatable bonds is 35. The van der Waals surface area contributed by atoms with Crippen LogP contribution in [0.4, 0.5) is 0 Å². The molecule has 2 heteroatoms. The van der Waals surface area contributed by atoms with Crippen LogP contribution >= 0.6 is 0 Å². The minimum atomic E-state index is 0.0181. The van der Waals surface area contributed by atoms with Gasteiger partial charge >= 0.3 is 5.97 Å². The number of ether oxygens (including phenoxy) is 1. The highest BCUT2D eigenvalue weighted by atomic mass is 16.5. The van der Waals surface area contributed by atoms with Gasteiger partial charge in [0.25, 0.3) is 0 Å². The lowest BCUT2D eigenvalue weighted by atomic mass is 10.0. The number of esters is 1. The van der Waals surface area contributed by atoms with E-state index >= 15 is 0 Å². The van der Waals surface area contributed by atoms with Gasteiger partial charge in [-0.1, -0.05) is 192 Å². The molecule has 0 saturated carbocycles. The molecule has 0 N–H and O–H groups in total. The van der Waals surface area contributed by atoms with E-state index in [4.69, 9.17) is 4.74 Å². The summed E-state index contributed by atoms with van der Waals surface area (Å²) in [5, 5.41) is 0. The molecule has 0 saturated heterocycles. The second kappa shape index (κ2) is 38.0. The summed E-state index contributed by atoms with van der Waals surface area (Å²) in [5.41, 5.74) is 0. The molecule has 0 aromatic heterocycles. The predicted molar refractivity (Wildman–Crippen MR) is 188 cm³/mol. The lowest BCUT2D eigenvalue weighted by molar-refractivity contribution is -0.143. The number of carbonyl (C=O) groups excluding carboxylic acids is 1. The summed E-state index contributed by atoms with van der Waals surface area (Å²) in [7, 11) is 0. The maximum absolute atomic E-state index is 12.0. The molecule has 0 unspecified atom stereocenters. The largest absolute Gasteiger partial charge is 0.466 e. The lowest BCUT2D eigenvalue weighted by Crippen LogP contribution is -2.05. The number of unbranched alkanes of at least 4 members (excludes halogenated alkanes) is 27. The zero-order valence-corrected chi connectivity index (χ0v) is 29.0. The van der Waals surface area contributed by atoms with Gasteiger partial charge in [0.2, 0.25) is 0 Å². The molecule has 0 rings (SSSR count). The summed E-state index contributed by atoms with van der Waals surface area (Å²) in [6.45, 7) is 5.17. The van der Waals surface area contributed by atoms with Crippen LogP contribution in [-0.4, -0.2) is 12.6 Å². The third-order valence-electron chi connectivity index (χ3n) is 8.59. The summed E-state index contributed by atoms with van der Waals surface area (Å²) >= 11 is 0. The van der Waals surface area contributed by atoms with E-state index in [2.05, 4.69) is 38.2 Å². The van der Waals surface area contributed by atoms with Gasteiger partial charge in [-0.15, -0.1) is 0 Å². The van der Waals surface area contributed by atoms with Crippen molar-refractivity contribution in [3.8, 4) is 0 Å². The normalized spacial score (nSPS) is 11.8. The Bertz CT molecular complexity index is 564. The first kappa shape index (κ1) is 41.0. The van der Waals surface area contributed by atoms with Gasteiger partial charge in [-0.05, 0) is 44.9 Å². The van der Waals surface area contributed by atoms with Crippen LogP contribution in [-0.2, 0) is 9.53 Å². The van der Waals surface area contributed by atoms with E-state index in [0.717, 1.165) is 19.3 Å². The summed E-state index contributed by atoms with van der Waals surface area (Å²) in [6.07, 6.45) is 51.1. The molecule has 0 aromatic carbocycles. The first-order chi connectivity index (χ1) is 20.8. The molecule has 0 fully saturated rings. The Kier molecular flexibility index (Phi) is 37.0. The van der Waals surface area contributed by atoms with Gasteiger partial charge in [0.1, 0.15) is 0 Å². The molecule has 248 valence electrons. The van der Waals surface area contributed by atoms with Crippen LogP contribution in [0.1, 0.15) is 219 Å². The number of hydrogen-bond acceptors (Lipinski definition) is 2. The first-order valence-electron chi connectivity index (χ1n) is 19.3. The van der Waals surface area contributed by atoms with E-state index in [-0.39, 0.29) is 5.97 Å². The van der Waals surface area contributed by atoms with Crippen molar-refractivity contribution in [2.45, 2.75) is 219 Å². The molecule has 2 nitrogen and oxygen atoms in total. The monoisotopic (exact) mass is 589 g/mol. The SMILES string of the molecule is CCCCCC=CCC=CCCCCCCCCOC(=O)CCCCCCCCCCCCCCCCCCCCC. The fourth-order valence-electron chi connectivity index (χ4n) is 5.70. The maximum atomic E-state index is 12.0. The van der Waals surface area contributed by atoms with Crippen LogP contribution in [0.2, 0.25) is 0 Å². The highest BCUT2D eigenvalue weighted by Gasteiger charge is 2.02. The van der Waals surface area contributed by atoms with Crippen LogP contribution in [0.15, 0.2) is 24.3 Å². The Balaban J connectivity index is 3.20. The molecule has 0 aromatic rings. The van der Waals surface area contributed by atoms with Crippen molar-refractivity contribution >= 4 is 5.97 Å². The van der Waals surface area contributed by atoms with Gasteiger partial charge < -0.3 is 4.74 Å². The van der Waals surface area contributed by atoms with Gasteiger partial charge in [-0.25, -0.2) is 0 Å². The smallest absolute Gasteiger partial charge is 0.305 e. The van der Waals surface area contributed by atoms with Gasteiger partial charge in [0, 0.05) is 6.42 Å². The van der Waals surface area contributed by atoms with E-state index in [0.29, 0.717) is 13.0 Å². The van der Waals surface area contributed by atoms with Crippen LogP contribution in [0.5, 0.6) is 0 Å². The van der Waals surface area contributed by atoms with E-state index in [1.54, 1.807) is 0 Å². The molecule has 42 heavy (non-hydrogen) atoms. The van der Waals surface area contributed by atoms with E-state index < -0.39 is 0 Å². The molecule has 0 aliphatic carbocycles. The number of hydrogen-bond donors (Lipinski definition) is 0. The zero-order chi connectivity index (χ0) is 30.4. The molecule has 0 amide bonds.